The zero-order chi connectivity index (χ0) is 11.5. The monoisotopic (exact) mass is 255 g/mol. The first-order chi connectivity index (χ1) is 7.68. The Hall–Kier alpha value is -1.27. The molecule has 0 saturated heterocycles. The van der Waals surface area contributed by atoms with Crippen molar-refractivity contribution in [2.24, 2.45) is 7.05 Å². The Kier molecular flexibility index (Phi) is 3.31. The molecule has 16 heavy (non-hydrogen) atoms. The van der Waals surface area contributed by atoms with Crippen molar-refractivity contribution in [3.8, 4) is 0 Å². The second-order valence-corrected chi connectivity index (χ2v) is 4.44. The molecule has 2 aromatic rings. The van der Waals surface area contributed by atoms with Crippen LogP contribution < -0.4 is 5.73 Å². The number of nitrogen functional groups attached to an aromatic ring is 1. The van der Waals surface area contributed by atoms with Crippen molar-refractivity contribution in [3.63, 3.8) is 0 Å². The number of halogens is 1. The molecule has 0 bridgehead atoms. The lowest BCUT2D eigenvalue weighted by molar-refractivity contribution is 0.849. The van der Waals surface area contributed by atoms with Gasteiger partial charge in [-0.1, -0.05) is 23.4 Å². The van der Waals surface area contributed by atoms with E-state index in [2.05, 4.69) is 15.0 Å². The summed E-state index contributed by atoms with van der Waals surface area (Å²) < 4.78 is 1.82. The van der Waals surface area contributed by atoms with Crippen LogP contribution in [0, 0.1) is 0 Å². The zero-order valence-electron chi connectivity index (χ0n) is 8.59. The Labute approximate surface area is 102 Å². The molecule has 0 aliphatic heterocycles. The molecule has 0 fully saturated rings. The molecule has 2 heterocycles. The summed E-state index contributed by atoms with van der Waals surface area (Å²) in [6.45, 7) is 0. The van der Waals surface area contributed by atoms with Gasteiger partial charge in [0, 0.05) is 19.4 Å². The number of thioether (sulfide) groups is 1. The molecule has 2 aromatic heterocycles. The van der Waals surface area contributed by atoms with Gasteiger partial charge in [-0.3, -0.25) is 0 Å². The van der Waals surface area contributed by atoms with Crippen molar-refractivity contribution in [2.45, 2.75) is 10.8 Å². The molecule has 0 atom stereocenters. The predicted molar refractivity (Wildman–Crippen MR) is 64.2 cm³/mol. The summed E-state index contributed by atoms with van der Waals surface area (Å²) in [7, 11) is 1.87. The largest absolute Gasteiger partial charge is 0.381 e. The van der Waals surface area contributed by atoms with E-state index in [-0.39, 0.29) is 0 Å². The van der Waals surface area contributed by atoms with Gasteiger partial charge in [-0.05, 0) is 0 Å². The SMILES string of the molecule is Cn1c(Cl)cnc1CSc1nccnc1N. The standard InChI is InChI=1S/C9H10ClN5S/c1-15-6(10)4-14-7(15)5-16-9-8(11)12-2-3-13-9/h2-4H,5H2,1H3,(H2,11,12). The van der Waals surface area contributed by atoms with Crippen LogP contribution in [0.5, 0.6) is 0 Å². The van der Waals surface area contributed by atoms with E-state index in [9.17, 15) is 0 Å². The Morgan fingerprint density at radius 1 is 1.38 bits per heavy atom. The minimum atomic E-state index is 0.438. The highest BCUT2D eigenvalue weighted by molar-refractivity contribution is 7.98. The Bertz CT molecular complexity index is 498. The highest BCUT2D eigenvalue weighted by Gasteiger charge is 2.07. The van der Waals surface area contributed by atoms with E-state index in [1.165, 1.54) is 11.8 Å². The second kappa shape index (κ2) is 4.71. The number of hydrogen-bond donors (Lipinski definition) is 1. The summed E-state index contributed by atoms with van der Waals surface area (Å²) >= 11 is 7.37. The molecule has 2 rings (SSSR count). The summed E-state index contributed by atoms with van der Waals surface area (Å²) in [5.41, 5.74) is 5.68. The molecule has 0 unspecified atom stereocenters. The number of hydrogen-bond acceptors (Lipinski definition) is 5. The highest BCUT2D eigenvalue weighted by Crippen LogP contribution is 2.24. The fourth-order valence-electron chi connectivity index (χ4n) is 1.14. The summed E-state index contributed by atoms with van der Waals surface area (Å²) in [5, 5.41) is 1.32. The molecule has 0 amide bonds. The van der Waals surface area contributed by atoms with Crippen molar-refractivity contribution < 1.29 is 0 Å². The first-order valence-electron chi connectivity index (χ1n) is 4.54. The molecule has 0 aromatic carbocycles. The number of aromatic nitrogens is 4. The lowest BCUT2D eigenvalue weighted by Gasteiger charge is -2.03. The van der Waals surface area contributed by atoms with E-state index in [1.807, 2.05) is 11.6 Å². The molecular formula is C9H10ClN5S. The third-order valence-electron chi connectivity index (χ3n) is 2.06. The Morgan fingerprint density at radius 2 is 2.12 bits per heavy atom. The first kappa shape index (κ1) is 11.2. The molecule has 2 N–H and O–H groups in total. The van der Waals surface area contributed by atoms with Crippen LogP contribution >= 0.6 is 23.4 Å². The van der Waals surface area contributed by atoms with Gasteiger partial charge in [0.2, 0.25) is 0 Å². The number of anilines is 1. The normalized spacial score (nSPS) is 10.6. The fourth-order valence-corrected chi connectivity index (χ4v) is 2.15. The van der Waals surface area contributed by atoms with Gasteiger partial charge in [-0.15, -0.1) is 0 Å². The van der Waals surface area contributed by atoms with Crippen LogP contribution in [0.15, 0.2) is 23.6 Å². The van der Waals surface area contributed by atoms with Crippen molar-refractivity contribution in [2.75, 3.05) is 5.73 Å². The van der Waals surface area contributed by atoms with E-state index in [1.54, 1.807) is 18.6 Å². The molecular weight excluding hydrogens is 246 g/mol. The third kappa shape index (κ3) is 2.28. The summed E-state index contributed by atoms with van der Waals surface area (Å²) in [4.78, 5) is 12.3. The minimum absolute atomic E-state index is 0.438. The van der Waals surface area contributed by atoms with Gasteiger partial charge in [-0.25, -0.2) is 15.0 Å². The van der Waals surface area contributed by atoms with Gasteiger partial charge >= 0.3 is 0 Å². The molecule has 84 valence electrons. The smallest absolute Gasteiger partial charge is 0.156 e. The Morgan fingerprint density at radius 3 is 2.75 bits per heavy atom. The van der Waals surface area contributed by atoms with Gasteiger partial charge in [0.05, 0.1) is 11.9 Å². The minimum Gasteiger partial charge on any atom is -0.381 e. The Balaban J connectivity index is 2.08. The van der Waals surface area contributed by atoms with Gasteiger partial charge in [0.25, 0.3) is 0 Å². The van der Waals surface area contributed by atoms with Crippen LogP contribution in [0.25, 0.3) is 0 Å². The van der Waals surface area contributed by atoms with Crippen LogP contribution in [-0.4, -0.2) is 19.5 Å². The van der Waals surface area contributed by atoms with Crippen molar-refractivity contribution in [1.82, 2.24) is 19.5 Å². The quantitative estimate of drug-likeness (QED) is 0.846. The van der Waals surface area contributed by atoms with Gasteiger partial charge in [0.1, 0.15) is 16.0 Å². The van der Waals surface area contributed by atoms with Crippen LogP contribution in [-0.2, 0) is 12.8 Å². The average molecular weight is 256 g/mol. The molecule has 0 aliphatic rings. The molecule has 0 radical (unpaired) electrons. The van der Waals surface area contributed by atoms with E-state index >= 15 is 0 Å². The molecule has 0 aliphatic carbocycles. The van der Waals surface area contributed by atoms with Crippen LogP contribution in [0.4, 0.5) is 5.82 Å². The topological polar surface area (TPSA) is 69.6 Å². The van der Waals surface area contributed by atoms with Gasteiger partial charge in [0.15, 0.2) is 5.82 Å². The van der Waals surface area contributed by atoms with E-state index in [0.717, 1.165) is 5.82 Å². The van der Waals surface area contributed by atoms with E-state index < -0.39 is 0 Å². The number of nitrogens with zero attached hydrogens (tertiary/aromatic N) is 4. The summed E-state index contributed by atoms with van der Waals surface area (Å²) in [6, 6.07) is 0. The molecule has 7 heteroatoms. The number of imidazole rings is 1. The maximum absolute atomic E-state index is 5.88. The molecule has 0 saturated carbocycles. The van der Waals surface area contributed by atoms with Crippen LogP contribution in [0.3, 0.4) is 0 Å². The number of nitrogens with two attached hydrogens (primary N) is 1. The van der Waals surface area contributed by atoms with E-state index in [0.29, 0.717) is 21.7 Å². The average Bonchev–Trinajstić information content (AvgIpc) is 2.59. The third-order valence-corrected chi connectivity index (χ3v) is 3.40. The van der Waals surface area contributed by atoms with Crippen LogP contribution in [0.1, 0.15) is 5.82 Å². The summed E-state index contributed by atoms with van der Waals surface area (Å²) in [6.07, 6.45) is 4.80. The lowest BCUT2D eigenvalue weighted by Crippen LogP contribution is -1.98. The first-order valence-corrected chi connectivity index (χ1v) is 5.90. The van der Waals surface area contributed by atoms with Crippen LogP contribution in [0.2, 0.25) is 5.15 Å². The van der Waals surface area contributed by atoms with Gasteiger partial charge in [-0.2, -0.15) is 0 Å². The van der Waals surface area contributed by atoms with Gasteiger partial charge < -0.3 is 10.3 Å². The molecule has 0 spiro atoms. The van der Waals surface area contributed by atoms with Crippen molar-refractivity contribution in [1.29, 1.82) is 0 Å². The number of rotatable bonds is 3. The maximum Gasteiger partial charge on any atom is 0.156 e. The van der Waals surface area contributed by atoms with Crippen molar-refractivity contribution in [3.05, 3.63) is 29.6 Å². The predicted octanol–water partition coefficient (Wildman–Crippen LogP) is 1.74. The highest BCUT2D eigenvalue weighted by atomic mass is 35.5. The lowest BCUT2D eigenvalue weighted by atomic mass is 10.7. The van der Waals surface area contributed by atoms with E-state index in [4.69, 9.17) is 17.3 Å². The maximum atomic E-state index is 5.88. The second-order valence-electron chi connectivity index (χ2n) is 3.09. The molecule has 5 nitrogen and oxygen atoms in total. The van der Waals surface area contributed by atoms with Crippen molar-refractivity contribution >= 4 is 29.2 Å². The fraction of sp³-hybridized carbons (Fsp3) is 0.222. The summed E-state index contributed by atoms with van der Waals surface area (Å²) in [5.74, 6) is 1.97. The zero-order valence-corrected chi connectivity index (χ0v) is 10.2.